The third kappa shape index (κ3) is 6.09. The van der Waals surface area contributed by atoms with E-state index >= 15 is 0 Å². The monoisotopic (exact) mass is 407 g/mol. The van der Waals surface area contributed by atoms with Crippen LogP contribution in [-0.4, -0.2) is 41.7 Å². The minimum atomic E-state index is -4.24. The highest BCUT2D eigenvalue weighted by Crippen LogP contribution is 2.33. The highest BCUT2D eigenvalue weighted by atomic mass is 35.5. The standard InChI is InChI=1S/C16H14Cl2F3N3S/c1-24(2)15(10-3-6-14(18)22-8-10)23-13-7-11(4-5-12(13)17)25-9-16(19,20)21/h3-8H,9H2,1-2H3/b23-15-. The number of amidine groups is 1. The van der Waals surface area contributed by atoms with E-state index in [-0.39, 0.29) is 0 Å². The number of rotatable bonds is 4. The topological polar surface area (TPSA) is 28.5 Å². The molecule has 9 heteroatoms. The Morgan fingerprint density at radius 2 is 1.92 bits per heavy atom. The smallest absolute Gasteiger partial charge is 0.362 e. The number of nitrogens with zero attached hydrogens (tertiary/aromatic N) is 3. The Balaban J connectivity index is 2.36. The van der Waals surface area contributed by atoms with E-state index in [1.807, 2.05) is 0 Å². The summed E-state index contributed by atoms with van der Waals surface area (Å²) in [4.78, 5) is 10.7. The predicted octanol–water partition coefficient (Wildman–Crippen LogP) is 5.68. The molecule has 0 unspecified atom stereocenters. The summed E-state index contributed by atoms with van der Waals surface area (Å²) in [5.74, 6) is -0.413. The summed E-state index contributed by atoms with van der Waals surface area (Å²) >= 11 is 12.6. The highest BCUT2D eigenvalue weighted by Gasteiger charge is 2.27. The lowest BCUT2D eigenvalue weighted by Gasteiger charge is -2.16. The van der Waals surface area contributed by atoms with Crippen LogP contribution in [0.25, 0.3) is 0 Å². The summed E-state index contributed by atoms with van der Waals surface area (Å²) in [6.45, 7) is 0. The number of thioether (sulfide) groups is 1. The number of hydrogen-bond donors (Lipinski definition) is 0. The first-order chi connectivity index (χ1) is 11.7. The van der Waals surface area contributed by atoms with Crippen LogP contribution in [0, 0.1) is 0 Å². The van der Waals surface area contributed by atoms with Gasteiger partial charge in [0.2, 0.25) is 0 Å². The van der Waals surface area contributed by atoms with Gasteiger partial charge in [0, 0.05) is 30.8 Å². The van der Waals surface area contributed by atoms with Gasteiger partial charge in [0.1, 0.15) is 11.0 Å². The zero-order valence-electron chi connectivity index (χ0n) is 13.3. The van der Waals surface area contributed by atoms with Crippen LogP contribution >= 0.6 is 35.0 Å². The van der Waals surface area contributed by atoms with E-state index in [1.54, 1.807) is 37.3 Å². The van der Waals surface area contributed by atoms with Crippen molar-refractivity contribution in [3.8, 4) is 0 Å². The number of hydrogen-bond acceptors (Lipinski definition) is 3. The third-order valence-electron chi connectivity index (χ3n) is 2.96. The van der Waals surface area contributed by atoms with E-state index in [4.69, 9.17) is 23.2 Å². The minimum absolute atomic E-state index is 0.345. The molecule has 0 bridgehead atoms. The van der Waals surface area contributed by atoms with Gasteiger partial charge in [-0.2, -0.15) is 13.2 Å². The van der Waals surface area contributed by atoms with E-state index in [0.29, 0.717) is 43.9 Å². The molecule has 3 nitrogen and oxygen atoms in total. The van der Waals surface area contributed by atoms with Gasteiger partial charge in [0.25, 0.3) is 0 Å². The van der Waals surface area contributed by atoms with Gasteiger partial charge >= 0.3 is 6.18 Å². The van der Waals surface area contributed by atoms with Gasteiger partial charge in [-0.3, -0.25) is 0 Å². The molecule has 0 amide bonds. The van der Waals surface area contributed by atoms with E-state index in [1.165, 1.54) is 18.2 Å². The highest BCUT2D eigenvalue weighted by molar-refractivity contribution is 7.99. The maximum absolute atomic E-state index is 12.4. The van der Waals surface area contributed by atoms with Gasteiger partial charge < -0.3 is 4.90 Å². The lowest BCUT2D eigenvalue weighted by atomic mass is 10.2. The second-order valence-corrected chi connectivity index (χ2v) is 7.06. The quantitative estimate of drug-likeness (QED) is 0.282. The molecule has 0 aliphatic heterocycles. The number of benzene rings is 1. The summed E-state index contributed by atoms with van der Waals surface area (Å²) in [6, 6.07) is 7.99. The number of pyridine rings is 1. The summed E-state index contributed by atoms with van der Waals surface area (Å²) in [5, 5.41) is 0.697. The van der Waals surface area contributed by atoms with Crippen LogP contribution in [-0.2, 0) is 0 Å². The molecular formula is C16H14Cl2F3N3S. The van der Waals surface area contributed by atoms with Crippen LogP contribution in [0.2, 0.25) is 10.2 Å². The third-order valence-corrected chi connectivity index (χ3v) is 4.56. The lowest BCUT2D eigenvalue weighted by Crippen LogP contribution is -2.23. The Bertz CT molecular complexity index is 762. The van der Waals surface area contributed by atoms with Crippen LogP contribution in [0.3, 0.4) is 0 Å². The van der Waals surface area contributed by atoms with Gasteiger partial charge in [0.05, 0.1) is 16.5 Å². The largest absolute Gasteiger partial charge is 0.398 e. The molecule has 0 radical (unpaired) electrons. The van der Waals surface area contributed by atoms with Gasteiger partial charge in [-0.15, -0.1) is 11.8 Å². The van der Waals surface area contributed by atoms with Crippen molar-refractivity contribution in [2.24, 2.45) is 4.99 Å². The van der Waals surface area contributed by atoms with Crippen molar-refractivity contribution in [3.05, 3.63) is 52.3 Å². The van der Waals surface area contributed by atoms with Gasteiger partial charge in [-0.1, -0.05) is 23.2 Å². The van der Waals surface area contributed by atoms with E-state index in [0.717, 1.165) is 0 Å². The SMILES string of the molecule is CN(C)/C(=N\c1cc(SCC(F)(F)F)ccc1Cl)c1ccc(Cl)nc1. The second kappa shape index (κ2) is 8.29. The fourth-order valence-electron chi connectivity index (χ4n) is 1.88. The minimum Gasteiger partial charge on any atom is -0.362 e. The zero-order chi connectivity index (χ0) is 18.6. The van der Waals surface area contributed by atoms with Gasteiger partial charge in [-0.25, -0.2) is 9.98 Å². The average molecular weight is 408 g/mol. The molecular weight excluding hydrogens is 394 g/mol. The number of aliphatic imine (C=N–C) groups is 1. The van der Waals surface area contributed by atoms with Crippen molar-refractivity contribution in [1.29, 1.82) is 0 Å². The molecule has 1 aromatic carbocycles. The van der Waals surface area contributed by atoms with Crippen LogP contribution in [0.4, 0.5) is 18.9 Å². The van der Waals surface area contributed by atoms with Crippen LogP contribution in [0.5, 0.6) is 0 Å². The van der Waals surface area contributed by atoms with Crippen LogP contribution < -0.4 is 0 Å². The fourth-order valence-corrected chi connectivity index (χ4v) is 2.84. The Labute approximate surface area is 157 Å². The maximum Gasteiger partial charge on any atom is 0.398 e. The Morgan fingerprint density at radius 3 is 2.48 bits per heavy atom. The first-order valence-electron chi connectivity index (χ1n) is 7.03. The first-order valence-corrected chi connectivity index (χ1v) is 8.77. The van der Waals surface area contributed by atoms with E-state index in [9.17, 15) is 13.2 Å². The normalized spacial score (nSPS) is 12.4. The molecule has 0 atom stereocenters. The van der Waals surface area contributed by atoms with Crippen molar-refractivity contribution in [1.82, 2.24) is 9.88 Å². The van der Waals surface area contributed by atoms with Crippen molar-refractivity contribution in [2.75, 3.05) is 19.8 Å². The molecule has 0 fully saturated rings. The Hall–Kier alpha value is -1.44. The molecule has 25 heavy (non-hydrogen) atoms. The van der Waals surface area contributed by atoms with Crippen molar-refractivity contribution in [2.45, 2.75) is 11.1 Å². The van der Waals surface area contributed by atoms with E-state index in [2.05, 4.69) is 9.98 Å². The summed E-state index contributed by atoms with van der Waals surface area (Å²) in [5.41, 5.74) is 1.09. The fraction of sp³-hybridized carbons (Fsp3) is 0.250. The number of alkyl halides is 3. The molecule has 0 spiro atoms. The Kier molecular flexibility index (Phi) is 6.59. The lowest BCUT2D eigenvalue weighted by molar-refractivity contribution is -0.105. The molecule has 2 aromatic rings. The van der Waals surface area contributed by atoms with Crippen LogP contribution in [0.15, 0.2) is 46.4 Å². The summed E-state index contributed by atoms with van der Waals surface area (Å²) in [7, 11) is 3.59. The molecule has 1 aromatic heterocycles. The van der Waals surface area contributed by atoms with Crippen molar-refractivity contribution >= 4 is 46.5 Å². The van der Waals surface area contributed by atoms with Crippen molar-refractivity contribution < 1.29 is 13.2 Å². The predicted molar refractivity (Wildman–Crippen MR) is 97.4 cm³/mol. The van der Waals surface area contributed by atoms with Gasteiger partial charge in [-0.05, 0) is 30.3 Å². The number of halogens is 5. The first kappa shape index (κ1) is 19.9. The molecule has 0 saturated heterocycles. The Morgan fingerprint density at radius 1 is 1.20 bits per heavy atom. The molecule has 0 aliphatic rings. The molecule has 0 aliphatic carbocycles. The van der Waals surface area contributed by atoms with Crippen molar-refractivity contribution in [3.63, 3.8) is 0 Å². The average Bonchev–Trinajstić information content (AvgIpc) is 2.53. The zero-order valence-corrected chi connectivity index (χ0v) is 15.6. The molecule has 0 N–H and O–H groups in total. The number of aromatic nitrogens is 1. The maximum atomic E-state index is 12.4. The van der Waals surface area contributed by atoms with Gasteiger partial charge in [0.15, 0.2) is 0 Å². The second-order valence-electron chi connectivity index (χ2n) is 5.22. The molecule has 134 valence electrons. The molecule has 1 heterocycles. The summed E-state index contributed by atoms with van der Waals surface area (Å²) < 4.78 is 37.2. The van der Waals surface area contributed by atoms with Crippen LogP contribution in [0.1, 0.15) is 5.56 Å². The molecule has 0 saturated carbocycles. The molecule has 2 rings (SSSR count). The van der Waals surface area contributed by atoms with E-state index < -0.39 is 11.9 Å². The summed E-state index contributed by atoms with van der Waals surface area (Å²) in [6.07, 6.45) is -2.67.